The number of benzene rings is 8. The van der Waals surface area contributed by atoms with Crippen LogP contribution in [0.2, 0.25) is 0 Å². The van der Waals surface area contributed by atoms with Gasteiger partial charge < -0.3 is 13.6 Å². The summed E-state index contributed by atoms with van der Waals surface area (Å²) >= 11 is 1.85. The minimum Gasteiger partial charge on any atom is -0.455 e. The van der Waals surface area contributed by atoms with Crippen LogP contribution in [0.3, 0.4) is 0 Å². The Morgan fingerprint density at radius 1 is 0.385 bits per heavy atom. The Labute approximate surface area is 301 Å². The van der Waals surface area contributed by atoms with Crippen LogP contribution in [-0.2, 0) is 0 Å². The molecule has 242 valence electrons. The Morgan fingerprint density at radius 2 is 1.08 bits per heavy atom. The molecule has 4 aromatic heterocycles. The van der Waals surface area contributed by atoms with Crippen LogP contribution in [0.1, 0.15) is 0 Å². The van der Waals surface area contributed by atoms with Gasteiger partial charge in [-0.05, 0) is 66.2 Å². The first kappa shape index (κ1) is 28.1. The van der Waals surface area contributed by atoms with Gasteiger partial charge in [-0.2, -0.15) is 0 Å². The number of aromatic nitrogens is 2. The summed E-state index contributed by atoms with van der Waals surface area (Å²) < 4.78 is 14.2. The molecule has 0 aliphatic heterocycles. The molecular formula is C48H28N2OS. The maximum atomic E-state index is 6.77. The number of furan rings is 1. The van der Waals surface area contributed by atoms with E-state index in [0.29, 0.717) is 0 Å². The lowest BCUT2D eigenvalue weighted by molar-refractivity contribution is 0.670. The largest absolute Gasteiger partial charge is 0.455 e. The van der Waals surface area contributed by atoms with Gasteiger partial charge in [0.05, 0.1) is 22.1 Å². The Morgan fingerprint density at radius 3 is 1.96 bits per heavy atom. The van der Waals surface area contributed by atoms with Crippen LogP contribution in [0.15, 0.2) is 174 Å². The van der Waals surface area contributed by atoms with E-state index in [9.17, 15) is 0 Å². The zero-order valence-electron chi connectivity index (χ0n) is 27.9. The summed E-state index contributed by atoms with van der Waals surface area (Å²) in [5, 5.41) is 9.82. The van der Waals surface area contributed by atoms with E-state index in [-0.39, 0.29) is 0 Å². The van der Waals surface area contributed by atoms with Crippen molar-refractivity contribution in [3.63, 3.8) is 0 Å². The Bertz CT molecular complexity index is 3410. The number of fused-ring (bicyclic) bond motifs is 13. The molecule has 0 bridgehead atoms. The summed E-state index contributed by atoms with van der Waals surface area (Å²) in [6.07, 6.45) is 0. The van der Waals surface area contributed by atoms with E-state index in [1.165, 1.54) is 69.3 Å². The standard InChI is InChI=1S/C48H28N2OS/c1-2-12-29(13-3-1)50-39-20-7-4-14-31(39)33-25-26-41-46(47(33)50)36-15-5-8-21-40(36)49(41)30-24-27-42-38(28-30)35-19-10-18-34(48(35)51-42)32-17-11-23-44-45(32)37-16-6-9-22-43(37)52-44/h1-28H. The van der Waals surface area contributed by atoms with Crippen LogP contribution in [0.25, 0.3) is 108 Å². The quantitative estimate of drug-likeness (QED) is 0.182. The molecule has 12 aromatic rings. The maximum Gasteiger partial charge on any atom is 0.143 e. The van der Waals surface area contributed by atoms with Crippen molar-refractivity contribution in [2.24, 2.45) is 0 Å². The average molecular weight is 681 g/mol. The second-order valence-electron chi connectivity index (χ2n) is 13.6. The van der Waals surface area contributed by atoms with Crippen molar-refractivity contribution in [2.45, 2.75) is 0 Å². The highest BCUT2D eigenvalue weighted by Gasteiger charge is 2.22. The molecule has 0 fully saturated rings. The molecule has 12 rings (SSSR count). The molecule has 0 radical (unpaired) electrons. The van der Waals surface area contributed by atoms with Gasteiger partial charge in [0, 0.05) is 69.4 Å². The van der Waals surface area contributed by atoms with Crippen molar-refractivity contribution in [1.82, 2.24) is 9.13 Å². The van der Waals surface area contributed by atoms with Crippen molar-refractivity contribution in [3.05, 3.63) is 170 Å². The van der Waals surface area contributed by atoms with Crippen molar-refractivity contribution < 1.29 is 4.42 Å². The number of hydrogen-bond donors (Lipinski definition) is 0. The number of nitrogens with zero attached hydrogens (tertiary/aromatic N) is 2. The molecule has 0 spiro atoms. The van der Waals surface area contributed by atoms with Gasteiger partial charge in [0.2, 0.25) is 0 Å². The summed E-state index contributed by atoms with van der Waals surface area (Å²) in [4.78, 5) is 0. The van der Waals surface area contributed by atoms with Gasteiger partial charge in [0.15, 0.2) is 0 Å². The van der Waals surface area contributed by atoms with Gasteiger partial charge in [-0.15, -0.1) is 11.3 Å². The fourth-order valence-electron chi connectivity index (χ4n) is 8.77. The lowest BCUT2D eigenvalue weighted by Crippen LogP contribution is -1.95. The Hall–Kier alpha value is -6.62. The number of thiophene rings is 1. The van der Waals surface area contributed by atoms with Gasteiger partial charge in [0.25, 0.3) is 0 Å². The van der Waals surface area contributed by atoms with Crippen LogP contribution in [0.5, 0.6) is 0 Å². The predicted molar refractivity (Wildman–Crippen MR) is 221 cm³/mol. The van der Waals surface area contributed by atoms with E-state index in [2.05, 4.69) is 179 Å². The summed E-state index contributed by atoms with van der Waals surface area (Å²) in [5.41, 5.74) is 11.2. The lowest BCUT2D eigenvalue weighted by Gasteiger charge is -2.10. The fraction of sp³-hybridized carbons (Fsp3) is 0. The zero-order chi connectivity index (χ0) is 33.9. The summed E-state index contributed by atoms with van der Waals surface area (Å²) in [6.45, 7) is 0. The molecule has 0 atom stereocenters. The van der Waals surface area contributed by atoms with Gasteiger partial charge in [0.1, 0.15) is 11.2 Å². The minimum absolute atomic E-state index is 0.890. The van der Waals surface area contributed by atoms with Crippen molar-refractivity contribution in [2.75, 3.05) is 0 Å². The van der Waals surface area contributed by atoms with Crippen molar-refractivity contribution in [3.8, 4) is 22.5 Å². The highest BCUT2D eigenvalue weighted by Crippen LogP contribution is 2.45. The summed E-state index contributed by atoms with van der Waals surface area (Å²) in [7, 11) is 0. The zero-order valence-corrected chi connectivity index (χ0v) is 28.7. The summed E-state index contributed by atoms with van der Waals surface area (Å²) in [5.74, 6) is 0. The molecule has 0 unspecified atom stereocenters. The van der Waals surface area contributed by atoms with E-state index < -0.39 is 0 Å². The van der Waals surface area contributed by atoms with E-state index in [1.807, 2.05) is 11.3 Å². The third-order valence-corrected chi connectivity index (χ3v) is 12.1. The first-order chi connectivity index (χ1) is 25.8. The highest BCUT2D eigenvalue weighted by atomic mass is 32.1. The number of para-hydroxylation sites is 4. The van der Waals surface area contributed by atoms with Crippen molar-refractivity contribution in [1.29, 1.82) is 0 Å². The van der Waals surface area contributed by atoms with E-state index in [4.69, 9.17) is 4.42 Å². The minimum atomic E-state index is 0.890. The molecule has 0 aliphatic rings. The monoisotopic (exact) mass is 680 g/mol. The second-order valence-corrected chi connectivity index (χ2v) is 14.7. The van der Waals surface area contributed by atoms with Gasteiger partial charge in [-0.25, -0.2) is 0 Å². The molecule has 0 aliphatic carbocycles. The van der Waals surface area contributed by atoms with Crippen LogP contribution >= 0.6 is 11.3 Å². The molecule has 3 nitrogen and oxygen atoms in total. The van der Waals surface area contributed by atoms with E-state index in [0.717, 1.165) is 38.9 Å². The van der Waals surface area contributed by atoms with E-state index >= 15 is 0 Å². The van der Waals surface area contributed by atoms with Crippen LogP contribution in [0.4, 0.5) is 0 Å². The molecule has 4 heteroatoms. The highest BCUT2D eigenvalue weighted by molar-refractivity contribution is 7.25. The Balaban J connectivity index is 1.13. The molecule has 0 N–H and O–H groups in total. The molecule has 8 aromatic carbocycles. The van der Waals surface area contributed by atoms with Gasteiger partial charge in [-0.3, -0.25) is 0 Å². The summed E-state index contributed by atoms with van der Waals surface area (Å²) in [6, 6.07) is 61.5. The van der Waals surface area contributed by atoms with Crippen LogP contribution < -0.4 is 0 Å². The third-order valence-electron chi connectivity index (χ3n) is 10.9. The molecule has 0 amide bonds. The smallest absolute Gasteiger partial charge is 0.143 e. The lowest BCUT2D eigenvalue weighted by atomic mass is 9.97. The fourth-order valence-corrected chi connectivity index (χ4v) is 9.90. The van der Waals surface area contributed by atoms with Gasteiger partial charge >= 0.3 is 0 Å². The number of rotatable bonds is 3. The van der Waals surface area contributed by atoms with Crippen LogP contribution in [0, 0.1) is 0 Å². The maximum absolute atomic E-state index is 6.77. The molecular weight excluding hydrogens is 653 g/mol. The van der Waals surface area contributed by atoms with E-state index in [1.54, 1.807) is 0 Å². The predicted octanol–water partition coefficient (Wildman–Crippen LogP) is 13.8. The first-order valence-corrected chi connectivity index (χ1v) is 18.5. The average Bonchev–Trinajstić information content (AvgIpc) is 3.95. The van der Waals surface area contributed by atoms with Crippen molar-refractivity contribution >= 4 is 97.1 Å². The van der Waals surface area contributed by atoms with Gasteiger partial charge in [-0.1, -0.05) is 109 Å². The Kier molecular flexibility index (Phi) is 5.65. The SMILES string of the molecule is c1ccc(-n2c3ccccc3c3ccc4c(c5ccccc5n4-c4ccc5oc6c(-c7cccc8sc9ccccc9c78)cccc6c5c4)c32)cc1. The molecule has 52 heavy (non-hydrogen) atoms. The first-order valence-electron chi connectivity index (χ1n) is 17.7. The molecule has 4 heterocycles. The normalized spacial score (nSPS) is 12.2. The van der Waals surface area contributed by atoms with Crippen LogP contribution in [-0.4, -0.2) is 9.13 Å². The second kappa shape index (κ2) is 10.5. The topological polar surface area (TPSA) is 23.0 Å². The molecule has 0 saturated carbocycles. The third kappa shape index (κ3) is 3.74. The molecule has 0 saturated heterocycles. The number of hydrogen-bond acceptors (Lipinski definition) is 2.